The van der Waals surface area contributed by atoms with Crippen molar-refractivity contribution in [1.29, 1.82) is 5.26 Å². The molecule has 0 unspecified atom stereocenters. The van der Waals surface area contributed by atoms with E-state index in [1.165, 1.54) is 12.1 Å². The summed E-state index contributed by atoms with van der Waals surface area (Å²) in [5.41, 5.74) is 0.282. The highest BCUT2D eigenvalue weighted by molar-refractivity contribution is 5.87. The van der Waals surface area contributed by atoms with E-state index in [1.54, 1.807) is 43.3 Å². The maximum absolute atomic E-state index is 13.5. The first kappa shape index (κ1) is 20.7. The van der Waals surface area contributed by atoms with Crippen LogP contribution in [0.25, 0.3) is 0 Å². The molecule has 3 N–H and O–H groups in total. The molecule has 1 atom stereocenters. The summed E-state index contributed by atoms with van der Waals surface area (Å²) in [6.07, 6.45) is 0. The van der Waals surface area contributed by atoms with Crippen molar-refractivity contribution in [2.24, 2.45) is 0 Å². The van der Waals surface area contributed by atoms with Crippen LogP contribution in [-0.4, -0.2) is 37.6 Å². The molecule has 0 aliphatic carbocycles. The molecule has 2 rings (SSSR count). The van der Waals surface area contributed by atoms with E-state index in [-0.39, 0.29) is 24.6 Å². The van der Waals surface area contributed by atoms with Crippen molar-refractivity contribution < 1.29 is 18.7 Å². The van der Waals surface area contributed by atoms with Gasteiger partial charge in [-0.25, -0.2) is 4.39 Å². The number of nitriles is 1. The van der Waals surface area contributed by atoms with Gasteiger partial charge in [-0.15, -0.1) is 0 Å². The molecule has 0 saturated heterocycles. The normalized spacial score (nSPS) is 11.0. The van der Waals surface area contributed by atoms with Crippen molar-refractivity contribution in [3.8, 4) is 11.8 Å². The Bertz CT molecular complexity index is 852. The minimum atomic E-state index is -0.740. The number of nitrogens with one attached hydrogen (secondary N) is 3. The van der Waals surface area contributed by atoms with E-state index < -0.39 is 17.8 Å². The Morgan fingerprint density at radius 3 is 2.61 bits per heavy atom. The lowest BCUT2D eigenvalue weighted by atomic mass is 10.2. The monoisotopic (exact) mass is 384 g/mol. The second-order valence-electron chi connectivity index (χ2n) is 5.88. The molecule has 0 aliphatic rings. The summed E-state index contributed by atoms with van der Waals surface area (Å²) >= 11 is 0. The molecule has 0 saturated carbocycles. The van der Waals surface area contributed by atoms with Crippen LogP contribution < -0.4 is 20.7 Å². The van der Waals surface area contributed by atoms with Gasteiger partial charge < -0.3 is 20.7 Å². The Labute approximate surface area is 162 Å². The highest BCUT2D eigenvalue weighted by atomic mass is 19.1. The van der Waals surface area contributed by atoms with Gasteiger partial charge in [-0.05, 0) is 31.2 Å². The minimum Gasteiger partial charge on any atom is -0.484 e. The van der Waals surface area contributed by atoms with E-state index in [9.17, 15) is 14.0 Å². The van der Waals surface area contributed by atoms with Crippen LogP contribution in [0.2, 0.25) is 0 Å². The Kier molecular flexibility index (Phi) is 7.78. The van der Waals surface area contributed by atoms with Gasteiger partial charge in [0.15, 0.2) is 6.61 Å². The first-order chi connectivity index (χ1) is 13.5. The summed E-state index contributed by atoms with van der Waals surface area (Å²) in [7, 11) is 0. The molecule has 28 heavy (non-hydrogen) atoms. The van der Waals surface area contributed by atoms with E-state index in [1.807, 2.05) is 6.07 Å². The molecule has 0 radical (unpaired) electrons. The predicted molar refractivity (Wildman–Crippen MR) is 102 cm³/mol. The summed E-state index contributed by atoms with van der Waals surface area (Å²) in [4.78, 5) is 23.9. The fourth-order valence-electron chi connectivity index (χ4n) is 2.34. The highest BCUT2D eigenvalue weighted by Gasteiger charge is 2.15. The van der Waals surface area contributed by atoms with Gasteiger partial charge in [0.05, 0.1) is 5.69 Å². The van der Waals surface area contributed by atoms with Crippen molar-refractivity contribution >= 4 is 17.5 Å². The number of anilines is 1. The van der Waals surface area contributed by atoms with Gasteiger partial charge in [0.25, 0.3) is 5.91 Å². The van der Waals surface area contributed by atoms with Crippen LogP contribution in [0.4, 0.5) is 10.1 Å². The van der Waals surface area contributed by atoms with Gasteiger partial charge >= 0.3 is 0 Å². The van der Waals surface area contributed by atoms with E-state index in [0.29, 0.717) is 18.0 Å². The van der Waals surface area contributed by atoms with Crippen molar-refractivity contribution in [2.75, 3.05) is 25.0 Å². The third-order valence-corrected chi connectivity index (χ3v) is 3.75. The second kappa shape index (κ2) is 10.5. The molecule has 7 nitrogen and oxygen atoms in total. The van der Waals surface area contributed by atoms with E-state index in [0.717, 1.165) is 0 Å². The third kappa shape index (κ3) is 6.29. The van der Waals surface area contributed by atoms with Gasteiger partial charge in [0.1, 0.15) is 29.2 Å². The number of carbonyl (C=O) groups excluding carboxylic acids is 2. The Hall–Kier alpha value is -3.60. The molecule has 0 aromatic heterocycles. The molecular weight excluding hydrogens is 363 g/mol. The molecule has 0 fully saturated rings. The molecule has 2 aromatic carbocycles. The van der Waals surface area contributed by atoms with Crippen LogP contribution in [0.1, 0.15) is 12.5 Å². The minimum absolute atomic E-state index is 0.0760. The van der Waals surface area contributed by atoms with E-state index in [4.69, 9.17) is 10.00 Å². The van der Waals surface area contributed by atoms with Crippen LogP contribution in [0.5, 0.6) is 5.75 Å². The molecule has 8 heteroatoms. The lowest BCUT2D eigenvalue weighted by Crippen LogP contribution is -2.47. The van der Waals surface area contributed by atoms with Gasteiger partial charge in [-0.1, -0.05) is 24.3 Å². The number of halogens is 1. The highest BCUT2D eigenvalue weighted by Crippen LogP contribution is 2.17. The Balaban J connectivity index is 1.69. The smallest absolute Gasteiger partial charge is 0.258 e. The molecule has 2 amide bonds. The lowest BCUT2D eigenvalue weighted by Gasteiger charge is -2.15. The maximum atomic E-state index is 13.5. The zero-order valence-corrected chi connectivity index (χ0v) is 15.4. The van der Waals surface area contributed by atoms with Crippen LogP contribution in [0.15, 0.2) is 48.5 Å². The number of hydrogen-bond donors (Lipinski definition) is 3. The topological polar surface area (TPSA) is 103 Å². The van der Waals surface area contributed by atoms with Crippen molar-refractivity contribution in [3.05, 3.63) is 59.9 Å². The standard InChI is InChI=1S/C20H21FN4O3/c1-14(25-19(26)13-28-15-6-3-2-4-7-15)20(27)24-11-10-23-18-9-5-8-17(21)16(18)12-22/h2-9,14,23H,10-11,13H2,1H3,(H,24,27)(H,25,26)/t14-/m0/s1. The molecule has 0 heterocycles. The van der Waals surface area contributed by atoms with Crippen LogP contribution >= 0.6 is 0 Å². The predicted octanol–water partition coefficient (Wildman–Crippen LogP) is 1.81. The van der Waals surface area contributed by atoms with Gasteiger partial charge in [-0.2, -0.15) is 5.26 Å². The number of hydrogen-bond acceptors (Lipinski definition) is 5. The Morgan fingerprint density at radius 1 is 1.14 bits per heavy atom. The average molecular weight is 384 g/mol. The zero-order valence-electron chi connectivity index (χ0n) is 15.4. The first-order valence-electron chi connectivity index (χ1n) is 8.68. The number of nitrogens with zero attached hydrogens (tertiary/aromatic N) is 1. The first-order valence-corrected chi connectivity index (χ1v) is 8.68. The number of carbonyl (C=O) groups is 2. The quantitative estimate of drug-likeness (QED) is 0.572. The summed E-state index contributed by atoms with van der Waals surface area (Å²) in [5, 5.41) is 17.1. The van der Waals surface area contributed by atoms with Crippen LogP contribution in [0, 0.1) is 17.1 Å². The van der Waals surface area contributed by atoms with E-state index >= 15 is 0 Å². The van der Waals surface area contributed by atoms with E-state index in [2.05, 4.69) is 16.0 Å². The number of benzene rings is 2. The molecule has 0 spiro atoms. The summed E-state index contributed by atoms with van der Waals surface area (Å²) in [6, 6.07) is 14.2. The molecule has 146 valence electrons. The summed E-state index contributed by atoms with van der Waals surface area (Å²) < 4.78 is 18.8. The number of ether oxygens (including phenoxy) is 1. The Morgan fingerprint density at radius 2 is 1.89 bits per heavy atom. The number of para-hydroxylation sites is 1. The maximum Gasteiger partial charge on any atom is 0.258 e. The van der Waals surface area contributed by atoms with Gasteiger partial charge in [-0.3, -0.25) is 9.59 Å². The molecule has 0 bridgehead atoms. The molecular formula is C20H21FN4O3. The fourth-order valence-corrected chi connectivity index (χ4v) is 2.34. The molecule has 2 aromatic rings. The lowest BCUT2D eigenvalue weighted by molar-refractivity contribution is -0.129. The van der Waals surface area contributed by atoms with Crippen molar-refractivity contribution in [2.45, 2.75) is 13.0 Å². The van der Waals surface area contributed by atoms with Crippen molar-refractivity contribution in [3.63, 3.8) is 0 Å². The van der Waals surface area contributed by atoms with Crippen LogP contribution in [-0.2, 0) is 9.59 Å². The number of amides is 2. The van der Waals surface area contributed by atoms with Crippen LogP contribution in [0.3, 0.4) is 0 Å². The van der Waals surface area contributed by atoms with Gasteiger partial charge in [0, 0.05) is 13.1 Å². The average Bonchev–Trinajstić information content (AvgIpc) is 2.70. The SMILES string of the molecule is C[C@H](NC(=O)COc1ccccc1)C(=O)NCCNc1cccc(F)c1C#N. The largest absolute Gasteiger partial charge is 0.484 e. The van der Waals surface area contributed by atoms with Crippen molar-refractivity contribution in [1.82, 2.24) is 10.6 Å². The summed E-state index contributed by atoms with van der Waals surface area (Å²) in [6.45, 7) is 1.89. The molecule has 0 aliphatic heterocycles. The third-order valence-electron chi connectivity index (χ3n) is 3.75. The fraction of sp³-hybridized carbons (Fsp3) is 0.250. The van der Waals surface area contributed by atoms with Gasteiger partial charge in [0.2, 0.25) is 5.91 Å². The summed E-state index contributed by atoms with van der Waals surface area (Å²) in [5.74, 6) is -0.821. The zero-order chi connectivity index (χ0) is 20.4. The second-order valence-corrected chi connectivity index (χ2v) is 5.88. The number of rotatable bonds is 9.